The number of nitrogens with one attached hydrogen (secondary N) is 1. The van der Waals surface area contributed by atoms with Gasteiger partial charge in [0.15, 0.2) is 20.9 Å². The average Bonchev–Trinajstić information content (AvgIpc) is 3.70. The summed E-state index contributed by atoms with van der Waals surface area (Å²) in [4.78, 5) is 42.5. The Bertz CT molecular complexity index is 1650. The van der Waals surface area contributed by atoms with E-state index in [1.54, 1.807) is 52.0 Å². The maximum atomic E-state index is 14.4. The van der Waals surface area contributed by atoms with Crippen molar-refractivity contribution in [3.05, 3.63) is 47.2 Å². The molecule has 0 radical (unpaired) electrons. The van der Waals surface area contributed by atoms with Gasteiger partial charge in [-0.25, -0.2) is 13.2 Å². The molecular formula is C35H50N4O11S2. The molecule has 2 aromatic rings. The highest BCUT2D eigenvalue weighted by Crippen LogP contribution is 2.35. The van der Waals surface area contributed by atoms with Crippen LogP contribution in [-0.2, 0) is 37.4 Å². The second-order valence-corrected chi connectivity index (χ2v) is 18.2. The summed E-state index contributed by atoms with van der Waals surface area (Å²) in [7, 11) is -2.79. The van der Waals surface area contributed by atoms with Gasteiger partial charge >= 0.3 is 6.16 Å². The average molecular weight is 767 g/mol. The Hall–Kier alpha value is -3.85. The number of ether oxygens (including phenoxy) is 5. The fourth-order valence-corrected chi connectivity index (χ4v) is 9.30. The molecule has 1 saturated heterocycles. The van der Waals surface area contributed by atoms with Gasteiger partial charge in [-0.05, 0) is 81.1 Å². The fraction of sp³-hybridized carbons (Fsp3) is 0.629. The molecule has 1 unspecified atom stereocenters. The number of rotatable bonds is 18. The molecule has 2 amide bonds. The summed E-state index contributed by atoms with van der Waals surface area (Å²) in [5.41, 5.74) is 1.21. The van der Waals surface area contributed by atoms with Gasteiger partial charge in [0.1, 0.15) is 30.8 Å². The molecule has 52 heavy (non-hydrogen) atoms. The lowest BCUT2D eigenvalue weighted by Gasteiger charge is -2.29. The zero-order valence-corrected chi connectivity index (χ0v) is 32.7. The summed E-state index contributed by atoms with van der Waals surface area (Å²) < 4.78 is 56.2. The van der Waals surface area contributed by atoms with Crippen molar-refractivity contribution < 1.29 is 51.0 Å². The minimum absolute atomic E-state index is 0.0333. The summed E-state index contributed by atoms with van der Waals surface area (Å²) in [6, 6.07) is 8.81. The molecule has 0 spiro atoms. The highest BCUT2D eigenvalue weighted by Gasteiger charge is 2.46. The monoisotopic (exact) mass is 766 g/mol. The van der Waals surface area contributed by atoms with Crippen LogP contribution in [0.4, 0.5) is 4.79 Å². The van der Waals surface area contributed by atoms with E-state index in [-0.39, 0.29) is 37.1 Å². The molecule has 1 aliphatic rings. The zero-order chi connectivity index (χ0) is 38.8. The van der Waals surface area contributed by atoms with Crippen LogP contribution in [-0.4, -0.2) is 98.4 Å². The number of hydrogen-bond donors (Lipinski definition) is 1. The minimum Gasteiger partial charge on any atom is -0.470 e. The number of carbonyl (C=O) groups is 3. The van der Waals surface area contributed by atoms with Crippen molar-refractivity contribution in [1.29, 1.82) is 5.26 Å². The van der Waals surface area contributed by atoms with Crippen LogP contribution in [0.15, 0.2) is 34.9 Å². The largest absolute Gasteiger partial charge is 0.508 e. The lowest BCUT2D eigenvalue weighted by molar-refractivity contribution is -0.153. The van der Waals surface area contributed by atoms with Gasteiger partial charge in [-0.1, -0.05) is 26.0 Å². The van der Waals surface area contributed by atoms with Crippen molar-refractivity contribution in [3.8, 4) is 11.9 Å². The molecule has 17 heteroatoms. The molecule has 1 aromatic carbocycles. The summed E-state index contributed by atoms with van der Waals surface area (Å²) in [6.07, 6.45) is -2.44. The second kappa shape index (κ2) is 18.8. The van der Waals surface area contributed by atoms with Crippen LogP contribution < -0.4 is 10.1 Å². The molecule has 5 atom stereocenters. The molecule has 1 aromatic heterocycles. The van der Waals surface area contributed by atoms with Gasteiger partial charge in [0.2, 0.25) is 11.8 Å². The number of aromatic nitrogens is 1. The van der Waals surface area contributed by atoms with E-state index < -0.39 is 68.1 Å². The number of amides is 2. The Morgan fingerprint density at radius 3 is 2.31 bits per heavy atom. The van der Waals surface area contributed by atoms with Crippen LogP contribution in [0.2, 0.25) is 0 Å². The molecule has 1 fully saturated rings. The number of likely N-dealkylation sites (tertiary alicyclic amines) is 1. The molecule has 0 bridgehead atoms. The topological polar surface area (TPSA) is 197 Å². The van der Waals surface area contributed by atoms with Gasteiger partial charge < -0.3 is 38.4 Å². The third-order valence-corrected chi connectivity index (χ3v) is 11.7. The summed E-state index contributed by atoms with van der Waals surface area (Å²) in [5.74, 6) is -1.79. The van der Waals surface area contributed by atoms with Crippen molar-refractivity contribution >= 4 is 37.6 Å². The summed E-state index contributed by atoms with van der Waals surface area (Å²) in [5, 5.41) is 16.1. The molecule has 3 rings (SSSR count). The predicted octanol–water partition coefficient (Wildman–Crippen LogP) is 4.92. The minimum atomic E-state index is -3.45. The zero-order valence-electron chi connectivity index (χ0n) is 31.1. The Balaban J connectivity index is 1.84. The molecule has 0 aliphatic carbocycles. The lowest BCUT2D eigenvalue weighted by Crippen LogP contribution is -2.48. The van der Waals surface area contributed by atoms with Crippen molar-refractivity contribution in [2.45, 2.75) is 103 Å². The number of hydrogen-bond acceptors (Lipinski definition) is 14. The molecular weight excluding hydrogens is 717 g/mol. The number of benzene rings is 1. The highest BCUT2D eigenvalue weighted by atomic mass is 33.1. The number of nitriles is 1. The number of carbonyl (C=O) groups excluding carboxylic acids is 3. The SMILES string of the molecule is CCOC(COc1cc([C@H](C(=O)N2C[C@H](OC(=O)OC(C)C(C)(C)SS(C)(=O)=O)C[C@H]2C(=O)N[C@@H](C)c2ccc(C#N)cc2)C(C)C)on1)OCC. The van der Waals surface area contributed by atoms with Crippen molar-refractivity contribution in [3.63, 3.8) is 0 Å². The standard InChI is InChI=1S/C35H50N4O11S2/c1-10-45-30(46-11-2)20-47-29-17-28(50-38-29)31(21(3)4)33(41)39-19-26(49-34(42)48-23(6)35(7,8)51-52(9,43)44)16-27(39)32(40)37-22(5)25-14-12-24(18-36)13-15-25/h12-15,17,21-23,26-27,30-31H,10-11,16,19-20H2,1-9H3,(H,37,40)/t22-,23?,26+,27-,31+/m0/s1. The number of nitrogens with zero attached hydrogens (tertiary/aromatic N) is 3. The maximum Gasteiger partial charge on any atom is 0.508 e. The normalized spacial score (nSPS) is 18.1. The van der Waals surface area contributed by atoms with Crippen molar-refractivity contribution in [1.82, 2.24) is 15.4 Å². The van der Waals surface area contributed by atoms with Gasteiger partial charge in [-0.2, -0.15) is 5.26 Å². The predicted molar refractivity (Wildman–Crippen MR) is 192 cm³/mol. The first-order valence-electron chi connectivity index (χ1n) is 17.1. The van der Waals surface area contributed by atoms with E-state index in [1.807, 2.05) is 27.7 Å². The van der Waals surface area contributed by atoms with E-state index in [0.717, 1.165) is 11.8 Å². The first kappa shape index (κ1) is 42.6. The van der Waals surface area contributed by atoms with Crippen molar-refractivity contribution in [2.24, 2.45) is 5.92 Å². The smallest absolute Gasteiger partial charge is 0.470 e. The Morgan fingerprint density at radius 2 is 1.75 bits per heavy atom. The first-order chi connectivity index (χ1) is 24.4. The maximum absolute atomic E-state index is 14.4. The third-order valence-electron chi connectivity index (χ3n) is 8.45. The summed E-state index contributed by atoms with van der Waals surface area (Å²) >= 11 is 0. The van der Waals surface area contributed by atoms with Gasteiger partial charge in [-0.3, -0.25) is 9.59 Å². The molecule has 1 N–H and O–H groups in total. The van der Waals surface area contributed by atoms with Crippen LogP contribution in [0.1, 0.15) is 90.7 Å². The molecule has 0 saturated carbocycles. The van der Waals surface area contributed by atoms with Crippen LogP contribution in [0.25, 0.3) is 0 Å². The quantitative estimate of drug-likeness (QED) is 0.122. The first-order valence-corrected chi connectivity index (χ1v) is 20.3. The van der Waals surface area contributed by atoms with Crippen LogP contribution in [0, 0.1) is 17.2 Å². The molecule has 1 aliphatic heterocycles. The second-order valence-electron chi connectivity index (χ2n) is 13.3. The fourth-order valence-electron chi connectivity index (χ4n) is 5.59. The van der Waals surface area contributed by atoms with Gasteiger partial charge in [0.25, 0.3) is 5.88 Å². The van der Waals surface area contributed by atoms with E-state index in [4.69, 9.17) is 33.5 Å². The van der Waals surface area contributed by atoms with Crippen LogP contribution >= 0.6 is 10.8 Å². The molecule has 2 heterocycles. The van der Waals surface area contributed by atoms with Gasteiger partial charge in [0.05, 0.1) is 29.0 Å². The van der Waals surface area contributed by atoms with Crippen LogP contribution in [0.3, 0.4) is 0 Å². The summed E-state index contributed by atoms with van der Waals surface area (Å²) in [6.45, 7) is 14.7. The van der Waals surface area contributed by atoms with Crippen molar-refractivity contribution in [2.75, 3.05) is 32.6 Å². The Morgan fingerprint density at radius 1 is 1.12 bits per heavy atom. The van der Waals surface area contributed by atoms with E-state index in [2.05, 4.69) is 16.5 Å². The lowest BCUT2D eigenvalue weighted by atomic mass is 9.91. The Kier molecular flexibility index (Phi) is 15.4. The Labute approximate surface area is 309 Å². The third kappa shape index (κ3) is 12.1. The van der Waals surface area contributed by atoms with E-state index >= 15 is 0 Å². The molecule has 15 nitrogen and oxygen atoms in total. The van der Waals surface area contributed by atoms with E-state index in [0.29, 0.717) is 29.6 Å². The van der Waals surface area contributed by atoms with Gasteiger partial charge in [0, 0.05) is 32.0 Å². The van der Waals surface area contributed by atoms with E-state index in [1.165, 1.54) is 11.0 Å². The van der Waals surface area contributed by atoms with E-state index in [9.17, 15) is 22.8 Å². The van der Waals surface area contributed by atoms with Gasteiger partial charge in [-0.15, -0.1) is 0 Å². The molecule has 288 valence electrons. The highest BCUT2D eigenvalue weighted by molar-refractivity contribution is 8.72. The van der Waals surface area contributed by atoms with Crippen LogP contribution in [0.5, 0.6) is 5.88 Å².